The maximum absolute atomic E-state index is 12.7. The molecule has 0 spiro atoms. The maximum atomic E-state index is 12.7. The highest BCUT2D eigenvalue weighted by Gasteiger charge is 2.32. The molecule has 0 atom stereocenters. The summed E-state index contributed by atoms with van der Waals surface area (Å²) in [5.74, 6) is 1.11. The van der Waals surface area contributed by atoms with Gasteiger partial charge in [-0.25, -0.2) is 0 Å². The quantitative estimate of drug-likeness (QED) is 0.459. The summed E-state index contributed by atoms with van der Waals surface area (Å²) >= 11 is 3.00. The normalized spacial score (nSPS) is 14.2. The number of thioether (sulfide) groups is 1. The summed E-state index contributed by atoms with van der Waals surface area (Å²) in [5, 5.41) is 16.2. The average Bonchev–Trinajstić information content (AvgIpc) is 3.24. The molecule has 146 valence electrons. The summed E-state index contributed by atoms with van der Waals surface area (Å²) in [6.45, 7) is 6.32. The van der Waals surface area contributed by atoms with Crippen LogP contribution in [0.15, 0.2) is 40.7 Å². The SMILES string of the molecule is CC(C)(C)n1nc(C(=O)Nc2nnc(SCc3ccccc3)s2)cc1C1CC1. The second-order valence-corrected chi connectivity index (χ2v) is 10.1. The Labute approximate surface area is 172 Å². The van der Waals surface area contributed by atoms with Gasteiger partial charge >= 0.3 is 0 Å². The molecule has 6 nitrogen and oxygen atoms in total. The minimum atomic E-state index is -0.236. The van der Waals surface area contributed by atoms with Crippen molar-refractivity contribution < 1.29 is 4.79 Å². The first kappa shape index (κ1) is 19.1. The summed E-state index contributed by atoms with van der Waals surface area (Å²) in [6.07, 6.45) is 2.34. The van der Waals surface area contributed by atoms with Crippen LogP contribution < -0.4 is 5.32 Å². The number of hydrogen-bond acceptors (Lipinski definition) is 6. The predicted octanol–water partition coefficient (Wildman–Crippen LogP) is 4.91. The summed E-state index contributed by atoms with van der Waals surface area (Å²) in [5.41, 5.74) is 2.66. The first-order valence-corrected chi connectivity index (χ1v) is 11.1. The summed E-state index contributed by atoms with van der Waals surface area (Å²) in [7, 11) is 0. The van der Waals surface area contributed by atoms with Gasteiger partial charge in [-0.05, 0) is 45.2 Å². The Balaban J connectivity index is 1.42. The van der Waals surface area contributed by atoms with Crippen LogP contribution in [0, 0.1) is 0 Å². The molecule has 1 aromatic carbocycles. The molecule has 0 bridgehead atoms. The Hall–Kier alpha value is -2.19. The lowest BCUT2D eigenvalue weighted by Gasteiger charge is -2.22. The molecule has 1 N–H and O–H groups in total. The zero-order valence-corrected chi connectivity index (χ0v) is 17.8. The zero-order valence-electron chi connectivity index (χ0n) is 16.2. The smallest absolute Gasteiger partial charge is 0.277 e. The standard InChI is InChI=1S/C20H23N5OS2/c1-20(2,3)25-16(14-9-10-14)11-15(24-25)17(26)21-18-22-23-19(28-18)27-12-13-7-5-4-6-8-13/h4-8,11,14H,9-10,12H2,1-3H3,(H,21,22,26). The van der Waals surface area contributed by atoms with E-state index in [1.54, 1.807) is 11.8 Å². The Morgan fingerprint density at radius 1 is 1.25 bits per heavy atom. The largest absolute Gasteiger partial charge is 0.295 e. The van der Waals surface area contributed by atoms with Crippen LogP contribution >= 0.6 is 23.1 Å². The molecule has 1 aliphatic carbocycles. The van der Waals surface area contributed by atoms with Gasteiger partial charge in [0.05, 0.1) is 5.54 Å². The van der Waals surface area contributed by atoms with Crippen molar-refractivity contribution in [2.24, 2.45) is 0 Å². The zero-order chi connectivity index (χ0) is 19.7. The van der Waals surface area contributed by atoms with E-state index >= 15 is 0 Å². The van der Waals surface area contributed by atoms with E-state index in [4.69, 9.17) is 0 Å². The van der Waals surface area contributed by atoms with Crippen LogP contribution in [0.3, 0.4) is 0 Å². The van der Waals surface area contributed by atoms with E-state index in [9.17, 15) is 4.79 Å². The van der Waals surface area contributed by atoms with Crippen molar-refractivity contribution in [2.45, 2.75) is 55.2 Å². The number of anilines is 1. The minimum Gasteiger partial charge on any atom is -0.295 e. The van der Waals surface area contributed by atoms with Crippen LogP contribution in [-0.2, 0) is 11.3 Å². The molecule has 0 saturated heterocycles. The van der Waals surface area contributed by atoms with E-state index < -0.39 is 0 Å². The van der Waals surface area contributed by atoms with Gasteiger partial charge in [0.1, 0.15) is 0 Å². The lowest BCUT2D eigenvalue weighted by molar-refractivity contribution is 0.102. The number of amides is 1. The van der Waals surface area contributed by atoms with E-state index in [-0.39, 0.29) is 11.4 Å². The molecule has 0 radical (unpaired) electrons. The van der Waals surface area contributed by atoms with E-state index in [0.29, 0.717) is 16.7 Å². The van der Waals surface area contributed by atoms with Crippen LogP contribution in [0.1, 0.15) is 61.3 Å². The maximum Gasteiger partial charge on any atom is 0.277 e. The van der Waals surface area contributed by atoms with Crippen molar-refractivity contribution in [1.82, 2.24) is 20.0 Å². The fourth-order valence-corrected chi connectivity index (χ4v) is 4.62. The molecule has 2 heterocycles. The predicted molar refractivity (Wildman–Crippen MR) is 113 cm³/mol. The van der Waals surface area contributed by atoms with Gasteiger partial charge in [0.2, 0.25) is 5.13 Å². The molecule has 8 heteroatoms. The highest BCUT2D eigenvalue weighted by atomic mass is 32.2. The van der Waals surface area contributed by atoms with Gasteiger partial charge in [-0.15, -0.1) is 10.2 Å². The monoisotopic (exact) mass is 413 g/mol. The molecule has 1 amide bonds. The summed E-state index contributed by atoms with van der Waals surface area (Å²) in [6, 6.07) is 12.1. The summed E-state index contributed by atoms with van der Waals surface area (Å²) < 4.78 is 2.82. The number of rotatable bonds is 6. The van der Waals surface area contributed by atoms with Crippen molar-refractivity contribution in [3.63, 3.8) is 0 Å². The lowest BCUT2D eigenvalue weighted by atomic mass is 10.1. The first-order chi connectivity index (χ1) is 13.4. The van der Waals surface area contributed by atoms with Crippen LogP contribution in [0.4, 0.5) is 5.13 Å². The third-order valence-electron chi connectivity index (χ3n) is 4.43. The topological polar surface area (TPSA) is 72.7 Å². The second-order valence-electron chi connectivity index (χ2n) is 7.91. The third kappa shape index (κ3) is 4.44. The number of benzene rings is 1. The molecule has 3 aromatic rings. The van der Waals surface area contributed by atoms with Crippen molar-refractivity contribution in [3.05, 3.63) is 53.3 Å². The van der Waals surface area contributed by atoms with E-state index in [1.165, 1.54) is 29.7 Å². The van der Waals surface area contributed by atoms with Crippen molar-refractivity contribution in [2.75, 3.05) is 5.32 Å². The molecular weight excluding hydrogens is 390 g/mol. The molecule has 2 aromatic heterocycles. The Bertz CT molecular complexity index is 970. The second kappa shape index (κ2) is 7.67. The number of aromatic nitrogens is 4. The van der Waals surface area contributed by atoms with Crippen molar-refractivity contribution >= 4 is 34.1 Å². The van der Waals surface area contributed by atoms with Gasteiger partial charge in [-0.2, -0.15) is 5.10 Å². The van der Waals surface area contributed by atoms with Gasteiger partial charge in [0.15, 0.2) is 10.0 Å². The third-order valence-corrected chi connectivity index (χ3v) is 6.48. The highest BCUT2D eigenvalue weighted by molar-refractivity contribution is 8.00. The lowest BCUT2D eigenvalue weighted by Crippen LogP contribution is -2.25. The molecular formula is C20H23N5OS2. The fourth-order valence-electron chi connectivity index (χ4n) is 2.91. The Kier molecular flexibility index (Phi) is 5.25. The number of carbonyl (C=O) groups is 1. The molecule has 0 aliphatic heterocycles. The van der Waals surface area contributed by atoms with Crippen LogP contribution in [-0.4, -0.2) is 25.9 Å². The average molecular weight is 414 g/mol. The minimum absolute atomic E-state index is 0.152. The van der Waals surface area contributed by atoms with Crippen molar-refractivity contribution in [3.8, 4) is 0 Å². The highest BCUT2D eigenvalue weighted by Crippen LogP contribution is 2.41. The van der Waals surface area contributed by atoms with E-state index in [1.807, 2.05) is 28.9 Å². The Morgan fingerprint density at radius 2 is 2.00 bits per heavy atom. The molecule has 1 saturated carbocycles. The van der Waals surface area contributed by atoms with Gasteiger partial charge in [0, 0.05) is 17.4 Å². The van der Waals surface area contributed by atoms with Gasteiger partial charge in [-0.3, -0.25) is 14.8 Å². The molecule has 1 aliphatic rings. The van der Waals surface area contributed by atoms with Gasteiger partial charge < -0.3 is 0 Å². The number of carbonyl (C=O) groups excluding carboxylic acids is 1. The van der Waals surface area contributed by atoms with Crippen LogP contribution in [0.2, 0.25) is 0 Å². The molecule has 4 rings (SSSR count). The van der Waals surface area contributed by atoms with E-state index in [2.05, 4.69) is 53.5 Å². The van der Waals surface area contributed by atoms with Gasteiger partial charge in [0.25, 0.3) is 5.91 Å². The van der Waals surface area contributed by atoms with Crippen LogP contribution in [0.25, 0.3) is 0 Å². The molecule has 28 heavy (non-hydrogen) atoms. The van der Waals surface area contributed by atoms with Gasteiger partial charge in [-0.1, -0.05) is 53.4 Å². The van der Waals surface area contributed by atoms with Crippen molar-refractivity contribution in [1.29, 1.82) is 0 Å². The number of hydrogen-bond donors (Lipinski definition) is 1. The summed E-state index contributed by atoms with van der Waals surface area (Å²) in [4.78, 5) is 12.7. The Morgan fingerprint density at radius 3 is 2.68 bits per heavy atom. The fraction of sp³-hybridized carbons (Fsp3) is 0.400. The van der Waals surface area contributed by atoms with E-state index in [0.717, 1.165) is 15.8 Å². The molecule has 0 unspecified atom stereocenters. The first-order valence-electron chi connectivity index (χ1n) is 9.32. The van der Waals surface area contributed by atoms with Crippen LogP contribution in [0.5, 0.6) is 0 Å². The number of nitrogens with one attached hydrogen (secondary N) is 1. The molecule has 1 fully saturated rings. The number of nitrogens with zero attached hydrogens (tertiary/aromatic N) is 4.